The minimum Gasteiger partial charge on any atom is -0.368 e. The Bertz CT molecular complexity index is 1360. The van der Waals surface area contributed by atoms with Crippen LogP contribution in [0, 0.1) is 5.82 Å². The summed E-state index contributed by atoms with van der Waals surface area (Å²) in [6.07, 6.45) is 3.42. The van der Waals surface area contributed by atoms with Crippen molar-refractivity contribution in [2.75, 3.05) is 31.1 Å². The minimum atomic E-state index is -0.241. The van der Waals surface area contributed by atoms with Crippen LogP contribution in [0.1, 0.15) is 35.7 Å². The molecule has 1 saturated heterocycles. The number of fused-ring (bicyclic) bond motifs is 1. The molecule has 0 atom stereocenters. The Morgan fingerprint density at radius 1 is 0.944 bits per heavy atom. The molecule has 0 aliphatic carbocycles. The Labute approximate surface area is 219 Å². The molecule has 0 bridgehead atoms. The fraction of sp³-hybridized carbons (Fsp3) is 0.267. The first-order chi connectivity index (χ1) is 17.5. The second-order valence-electron chi connectivity index (χ2n) is 9.27. The first-order valence-electron chi connectivity index (χ1n) is 12.5. The molecule has 3 aromatic carbocycles. The van der Waals surface area contributed by atoms with Gasteiger partial charge in [0.05, 0.1) is 16.8 Å². The van der Waals surface area contributed by atoms with Gasteiger partial charge in [-0.2, -0.15) is 0 Å². The van der Waals surface area contributed by atoms with E-state index < -0.39 is 0 Å². The summed E-state index contributed by atoms with van der Waals surface area (Å²) < 4.78 is 14.2. The van der Waals surface area contributed by atoms with Crippen molar-refractivity contribution >= 4 is 38.4 Å². The fourth-order valence-corrected chi connectivity index (χ4v) is 5.10. The van der Waals surface area contributed by atoms with Crippen LogP contribution in [0.25, 0.3) is 22.2 Å². The quantitative estimate of drug-likeness (QED) is 0.259. The Morgan fingerprint density at radius 2 is 1.67 bits per heavy atom. The van der Waals surface area contributed by atoms with Crippen LogP contribution in [0.5, 0.6) is 0 Å². The summed E-state index contributed by atoms with van der Waals surface area (Å²) in [5.74, 6) is -0.227. The molecule has 5 rings (SSSR count). The Kier molecular flexibility index (Phi) is 7.33. The SMILES string of the molecule is CCCCc1ccc(-c2cc(C(=O)N3CCN(c4ccc(F)cc4)CC3)c3cc(Br)ccc3n2)cc1. The summed E-state index contributed by atoms with van der Waals surface area (Å²) in [6.45, 7) is 4.82. The predicted molar refractivity (Wildman–Crippen MR) is 148 cm³/mol. The Balaban J connectivity index is 1.42. The van der Waals surface area contributed by atoms with Gasteiger partial charge in [0, 0.05) is 47.3 Å². The van der Waals surface area contributed by atoms with Gasteiger partial charge in [-0.15, -0.1) is 0 Å². The zero-order valence-electron chi connectivity index (χ0n) is 20.4. The molecule has 4 aromatic rings. The number of aromatic nitrogens is 1. The fourth-order valence-electron chi connectivity index (χ4n) is 4.74. The van der Waals surface area contributed by atoms with Crippen molar-refractivity contribution in [3.8, 4) is 11.3 Å². The number of benzene rings is 3. The molecule has 0 spiro atoms. The third-order valence-corrected chi connectivity index (χ3v) is 7.32. The number of rotatable bonds is 6. The molecule has 0 N–H and O–H groups in total. The highest BCUT2D eigenvalue weighted by Crippen LogP contribution is 2.29. The molecule has 184 valence electrons. The first kappa shape index (κ1) is 24.4. The Morgan fingerprint density at radius 3 is 2.36 bits per heavy atom. The molecular weight excluding hydrogens is 517 g/mol. The van der Waals surface area contributed by atoms with E-state index in [0.29, 0.717) is 31.7 Å². The third-order valence-electron chi connectivity index (χ3n) is 6.83. The number of hydrogen-bond donors (Lipinski definition) is 0. The lowest BCUT2D eigenvalue weighted by molar-refractivity contribution is 0.0748. The van der Waals surface area contributed by atoms with Crippen molar-refractivity contribution in [2.24, 2.45) is 0 Å². The van der Waals surface area contributed by atoms with E-state index in [-0.39, 0.29) is 11.7 Å². The van der Waals surface area contributed by atoms with E-state index in [1.165, 1.54) is 30.5 Å². The molecular formula is C30H29BrFN3O. The smallest absolute Gasteiger partial charge is 0.254 e. The van der Waals surface area contributed by atoms with Gasteiger partial charge in [0.1, 0.15) is 5.82 Å². The molecule has 1 amide bonds. The van der Waals surface area contributed by atoms with Crippen molar-refractivity contribution in [1.29, 1.82) is 0 Å². The van der Waals surface area contributed by atoms with Gasteiger partial charge in [-0.05, 0) is 66.9 Å². The summed E-state index contributed by atoms with van der Waals surface area (Å²) in [5.41, 5.74) is 5.59. The average molecular weight is 546 g/mol. The van der Waals surface area contributed by atoms with E-state index in [0.717, 1.165) is 38.7 Å². The highest BCUT2D eigenvalue weighted by molar-refractivity contribution is 9.10. The van der Waals surface area contributed by atoms with Crippen LogP contribution in [0.2, 0.25) is 0 Å². The molecule has 2 heterocycles. The van der Waals surface area contributed by atoms with Gasteiger partial charge in [0.2, 0.25) is 0 Å². The van der Waals surface area contributed by atoms with Crippen LogP contribution >= 0.6 is 15.9 Å². The number of unbranched alkanes of at least 4 members (excludes halogenated alkanes) is 1. The number of pyridine rings is 1. The monoisotopic (exact) mass is 545 g/mol. The van der Waals surface area contributed by atoms with Crippen LogP contribution in [-0.2, 0) is 6.42 Å². The zero-order valence-corrected chi connectivity index (χ0v) is 22.0. The first-order valence-corrected chi connectivity index (χ1v) is 13.3. The van der Waals surface area contributed by atoms with Crippen LogP contribution in [0.4, 0.5) is 10.1 Å². The van der Waals surface area contributed by atoms with Gasteiger partial charge in [-0.1, -0.05) is 53.5 Å². The summed E-state index contributed by atoms with van der Waals surface area (Å²) in [6, 6.07) is 22.9. The van der Waals surface area contributed by atoms with E-state index >= 15 is 0 Å². The van der Waals surface area contributed by atoms with Crippen LogP contribution < -0.4 is 4.90 Å². The van der Waals surface area contributed by atoms with Crippen molar-refractivity contribution in [2.45, 2.75) is 26.2 Å². The lowest BCUT2D eigenvalue weighted by Gasteiger charge is -2.36. The second-order valence-corrected chi connectivity index (χ2v) is 10.2. The average Bonchev–Trinajstić information content (AvgIpc) is 2.92. The minimum absolute atomic E-state index is 0.0140. The van der Waals surface area contributed by atoms with Crippen molar-refractivity contribution in [1.82, 2.24) is 9.88 Å². The summed E-state index contributed by atoms with van der Waals surface area (Å²) in [5, 5.41) is 0.846. The molecule has 1 fully saturated rings. The number of amides is 1. The number of carbonyl (C=O) groups excluding carboxylic acids is 1. The van der Waals surface area contributed by atoms with Gasteiger partial charge in [-0.25, -0.2) is 9.37 Å². The van der Waals surface area contributed by atoms with E-state index in [4.69, 9.17) is 4.98 Å². The number of hydrogen-bond acceptors (Lipinski definition) is 3. The standard InChI is InChI=1S/C30H29BrFN3O/c1-2-3-4-21-5-7-22(8-6-21)29-20-27(26-19-23(31)9-14-28(26)33-29)30(36)35-17-15-34(16-18-35)25-12-10-24(32)11-13-25/h5-14,19-20H,2-4,15-18H2,1H3. The lowest BCUT2D eigenvalue weighted by atomic mass is 10.0. The highest BCUT2D eigenvalue weighted by Gasteiger charge is 2.25. The van der Waals surface area contributed by atoms with E-state index in [2.05, 4.69) is 52.0 Å². The number of halogens is 2. The number of aryl methyl sites for hydroxylation is 1. The van der Waals surface area contributed by atoms with Gasteiger partial charge in [0.15, 0.2) is 0 Å². The maximum atomic E-state index is 13.8. The molecule has 36 heavy (non-hydrogen) atoms. The van der Waals surface area contributed by atoms with Crippen LogP contribution in [0.3, 0.4) is 0 Å². The largest absolute Gasteiger partial charge is 0.368 e. The van der Waals surface area contributed by atoms with Gasteiger partial charge in [-0.3, -0.25) is 4.79 Å². The van der Waals surface area contributed by atoms with Crippen molar-refractivity contribution in [3.05, 3.63) is 94.2 Å². The number of carbonyl (C=O) groups is 1. The molecule has 6 heteroatoms. The van der Waals surface area contributed by atoms with Gasteiger partial charge < -0.3 is 9.80 Å². The van der Waals surface area contributed by atoms with Gasteiger partial charge in [0.25, 0.3) is 5.91 Å². The zero-order chi connectivity index (χ0) is 25.1. The van der Waals surface area contributed by atoms with Crippen molar-refractivity contribution < 1.29 is 9.18 Å². The normalized spacial score (nSPS) is 13.9. The molecule has 1 aliphatic heterocycles. The van der Waals surface area contributed by atoms with E-state index in [9.17, 15) is 9.18 Å². The molecule has 1 aromatic heterocycles. The molecule has 1 aliphatic rings. The number of piperazine rings is 1. The highest BCUT2D eigenvalue weighted by atomic mass is 79.9. The summed E-state index contributed by atoms with van der Waals surface area (Å²) in [4.78, 5) is 22.8. The molecule has 0 radical (unpaired) electrons. The maximum Gasteiger partial charge on any atom is 0.254 e. The third kappa shape index (κ3) is 5.29. The lowest BCUT2D eigenvalue weighted by Crippen LogP contribution is -2.48. The number of anilines is 1. The topological polar surface area (TPSA) is 36.4 Å². The van der Waals surface area contributed by atoms with Gasteiger partial charge >= 0.3 is 0 Å². The molecule has 4 nitrogen and oxygen atoms in total. The van der Waals surface area contributed by atoms with E-state index in [1.54, 1.807) is 12.1 Å². The van der Waals surface area contributed by atoms with Crippen molar-refractivity contribution in [3.63, 3.8) is 0 Å². The second kappa shape index (κ2) is 10.8. The predicted octanol–water partition coefficient (Wildman–Crippen LogP) is 7.11. The van der Waals surface area contributed by atoms with E-state index in [1.807, 2.05) is 29.2 Å². The maximum absolute atomic E-state index is 13.8. The molecule has 0 saturated carbocycles. The van der Waals surface area contributed by atoms with Crippen LogP contribution in [-0.4, -0.2) is 42.0 Å². The molecule has 0 unspecified atom stereocenters. The number of nitrogens with zero attached hydrogens (tertiary/aromatic N) is 3. The Hall–Kier alpha value is -3.25. The van der Waals surface area contributed by atoms with Crippen LogP contribution in [0.15, 0.2) is 77.3 Å². The summed E-state index contributed by atoms with van der Waals surface area (Å²) >= 11 is 3.56. The summed E-state index contributed by atoms with van der Waals surface area (Å²) in [7, 11) is 0.